The summed E-state index contributed by atoms with van der Waals surface area (Å²) in [5.41, 5.74) is 0.704. The summed E-state index contributed by atoms with van der Waals surface area (Å²) in [6.07, 6.45) is 1.47. The number of carbonyl (C=O) groups is 1. The van der Waals surface area contributed by atoms with E-state index in [1.54, 1.807) is 24.3 Å². The fraction of sp³-hybridized carbons (Fsp3) is 0.133. The minimum atomic E-state index is -0.353. The fourth-order valence-electron chi connectivity index (χ4n) is 1.72. The third-order valence-corrected chi connectivity index (χ3v) is 3.31. The van der Waals surface area contributed by atoms with Gasteiger partial charge >= 0.3 is 0 Å². The smallest absolute Gasteiger partial charge is 0.255 e. The lowest BCUT2D eigenvalue weighted by atomic mass is 10.2. The van der Waals surface area contributed by atoms with Gasteiger partial charge in [-0.05, 0) is 30.3 Å². The van der Waals surface area contributed by atoms with Crippen LogP contribution in [0.25, 0.3) is 0 Å². The number of aromatic hydroxyl groups is 1. The third kappa shape index (κ3) is 4.20. The molecule has 0 bridgehead atoms. The predicted molar refractivity (Wildman–Crippen MR) is 85.6 cm³/mol. The molecule has 2 rings (SSSR count). The molecular weight excluding hydrogens is 348 g/mol. The Hall–Kier alpha value is -2.59. The minimum Gasteiger partial charge on any atom is -0.507 e. The summed E-state index contributed by atoms with van der Waals surface area (Å²) < 4.78 is 0.718. The summed E-state index contributed by atoms with van der Waals surface area (Å²) >= 11 is 3.25. The quantitative estimate of drug-likeness (QED) is 0.710. The highest BCUT2D eigenvalue weighted by Crippen LogP contribution is 2.21. The Labute approximate surface area is 135 Å². The van der Waals surface area contributed by atoms with E-state index in [0.29, 0.717) is 24.5 Å². The van der Waals surface area contributed by atoms with Crippen LogP contribution < -0.4 is 10.6 Å². The number of hydrogen-bond donors (Lipinski definition) is 3. The Morgan fingerprint density at radius 1 is 1.32 bits per heavy atom. The average molecular weight is 361 g/mol. The van der Waals surface area contributed by atoms with E-state index in [1.165, 1.54) is 12.3 Å². The number of amides is 1. The first-order valence-electron chi connectivity index (χ1n) is 6.47. The van der Waals surface area contributed by atoms with E-state index in [2.05, 4.69) is 31.5 Å². The molecule has 0 aliphatic rings. The minimum absolute atomic E-state index is 0.0672. The van der Waals surface area contributed by atoms with Crippen LogP contribution in [0.3, 0.4) is 0 Å². The van der Waals surface area contributed by atoms with Gasteiger partial charge in [0.1, 0.15) is 17.6 Å². The van der Waals surface area contributed by atoms with Gasteiger partial charge in [0.25, 0.3) is 5.91 Å². The Kier molecular flexibility index (Phi) is 5.33. The van der Waals surface area contributed by atoms with Gasteiger partial charge in [-0.1, -0.05) is 15.9 Å². The number of benzene rings is 1. The Balaban J connectivity index is 1.82. The van der Waals surface area contributed by atoms with Gasteiger partial charge in [-0.15, -0.1) is 0 Å². The van der Waals surface area contributed by atoms with Crippen molar-refractivity contribution < 1.29 is 9.90 Å². The molecule has 0 saturated carbocycles. The zero-order valence-electron chi connectivity index (χ0n) is 11.5. The van der Waals surface area contributed by atoms with Gasteiger partial charge in [-0.2, -0.15) is 5.26 Å². The first-order valence-corrected chi connectivity index (χ1v) is 7.26. The standard InChI is InChI=1S/C15H13BrN4O2/c16-11-2-3-13(21)12(7-11)15(22)19-6-5-18-14-4-1-10(8-17)9-20-14/h1-4,7,9,21H,5-6H2,(H,18,20)(H,19,22). The second-order valence-electron chi connectivity index (χ2n) is 4.39. The van der Waals surface area contributed by atoms with Crippen molar-refractivity contribution >= 4 is 27.7 Å². The van der Waals surface area contributed by atoms with E-state index in [1.807, 2.05) is 6.07 Å². The zero-order chi connectivity index (χ0) is 15.9. The number of phenolic OH excluding ortho intramolecular Hbond substituents is 1. The lowest BCUT2D eigenvalue weighted by Gasteiger charge is -2.08. The third-order valence-electron chi connectivity index (χ3n) is 2.81. The maximum Gasteiger partial charge on any atom is 0.255 e. The largest absolute Gasteiger partial charge is 0.507 e. The molecule has 0 fully saturated rings. The van der Waals surface area contributed by atoms with Crippen LogP contribution in [0, 0.1) is 11.3 Å². The first-order chi connectivity index (χ1) is 10.6. The number of halogens is 1. The highest BCUT2D eigenvalue weighted by Gasteiger charge is 2.10. The number of anilines is 1. The zero-order valence-corrected chi connectivity index (χ0v) is 13.1. The van der Waals surface area contributed by atoms with Crippen molar-refractivity contribution in [2.24, 2.45) is 0 Å². The maximum atomic E-state index is 11.9. The van der Waals surface area contributed by atoms with Gasteiger partial charge in [-0.3, -0.25) is 4.79 Å². The summed E-state index contributed by atoms with van der Waals surface area (Å²) in [4.78, 5) is 16.0. The van der Waals surface area contributed by atoms with Crippen LogP contribution in [0.5, 0.6) is 5.75 Å². The van der Waals surface area contributed by atoms with E-state index in [0.717, 1.165) is 4.47 Å². The molecule has 0 aliphatic carbocycles. The van der Waals surface area contributed by atoms with Gasteiger partial charge in [0, 0.05) is 23.8 Å². The normalized spacial score (nSPS) is 9.82. The van der Waals surface area contributed by atoms with Gasteiger partial charge in [0.05, 0.1) is 11.1 Å². The molecule has 1 amide bonds. The lowest BCUT2D eigenvalue weighted by molar-refractivity contribution is 0.0952. The molecule has 0 spiro atoms. The molecule has 3 N–H and O–H groups in total. The monoisotopic (exact) mass is 360 g/mol. The van der Waals surface area contributed by atoms with Gasteiger partial charge in [0.2, 0.25) is 0 Å². The van der Waals surface area contributed by atoms with Crippen molar-refractivity contribution in [1.82, 2.24) is 10.3 Å². The average Bonchev–Trinajstić information content (AvgIpc) is 2.54. The Morgan fingerprint density at radius 2 is 2.14 bits per heavy atom. The molecule has 6 nitrogen and oxygen atoms in total. The van der Waals surface area contributed by atoms with Crippen LogP contribution in [-0.4, -0.2) is 29.1 Å². The number of rotatable bonds is 5. The van der Waals surface area contributed by atoms with Crippen LogP contribution >= 0.6 is 15.9 Å². The summed E-state index contributed by atoms with van der Waals surface area (Å²) in [5.74, 6) is 0.203. The molecule has 1 aromatic carbocycles. The van der Waals surface area contributed by atoms with Crippen molar-refractivity contribution in [2.75, 3.05) is 18.4 Å². The summed E-state index contributed by atoms with van der Waals surface area (Å²) in [6.45, 7) is 0.839. The summed E-state index contributed by atoms with van der Waals surface area (Å²) in [7, 11) is 0. The van der Waals surface area contributed by atoms with Gasteiger partial charge < -0.3 is 15.7 Å². The van der Waals surface area contributed by atoms with E-state index >= 15 is 0 Å². The highest BCUT2D eigenvalue weighted by atomic mass is 79.9. The van der Waals surface area contributed by atoms with E-state index in [9.17, 15) is 9.90 Å². The number of nitrogens with zero attached hydrogens (tertiary/aromatic N) is 2. The van der Waals surface area contributed by atoms with Crippen LogP contribution in [0.1, 0.15) is 15.9 Å². The predicted octanol–water partition coefficient (Wildman–Crippen LogP) is 2.26. The number of nitriles is 1. The summed E-state index contributed by atoms with van der Waals surface area (Å²) in [5, 5.41) is 24.0. The molecule has 0 aliphatic heterocycles. The number of aromatic nitrogens is 1. The molecule has 1 aromatic heterocycles. The molecule has 2 aromatic rings. The maximum absolute atomic E-state index is 11.9. The number of phenols is 1. The summed E-state index contributed by atoms with van der Waals surface area (Å²) in [6, 6.07) is 10.0. The van der Waals surface area contributed by atoms with Crippen molar-refractivity contribution in [3.8, 4) is 11.8 Å². The number of hydrogen-bond acceptors (Lipinski definition) is 5. The Bertz CT molecular complexity index is 710. The second kappa shape index (κ2) is 7.43. The topological polar surface area (TPSA) is 98.0 Å². The molecule has 0 radical (unpaired) electrons. The molecule has 0 unspecified atom stereocenters. The van der Waals surface area contributed by atoms with Crippen molar-refractivity contribution in [2.45, 2.75) is 0 Å². The number of nitrogens with one attached hydrogen (secondary N) is 2. The van der Waals surface area contributed by atoms with Crippen LogP contribution in [0.15, 0.2) is 41.0 Å². The van der Waals surface area contributed by atoms with Crippen LogP contribution in [-0.2, 0) is 0 Å². The second-order valence-corrected chi connectivity index (χ2v) is 5.30. The molecule has 0 atom stereocenters. The van der Waals surface area contributed by atoms with E-state index in [4.69, 9.17) is 5.26 Å². The number of pyridine rings is 1. The van der Waals surface area contributed by atoms with E-state index in [-0.39, 0.29) is 17.2 Å². The van der Waals surface area contributed by atoms with Crippen molar-refractivity contribution in [1.29, 1.82) is 5.26 Å². The molecule has 1 heterocycles. The SMILES string of the molecule is N#Cc1ccc(NCCNC(=O)c2cc(Br)ccc2O)nc1. The number of carbonyl (C=O) groups excluding carboxylic acids is 1. The molecule has 22 heavy (non-hydrogen) atoms. The highest BCUT2D eigenvalue weighted by molar-refractivity contribution is 9.10. The van der Waals surface area contributed by atoms with Gasteiger partial charge in [-0.25, -0.2) is 4.98 Å². The Morgan fingerprint density at radius 3 is 2.82 bits per heavy atom. The van der Waals surface area contributed by atoms with Crippen molar-refractivity contribution in [3.05, 3.63) is 52.1 Å². The molecular formula is C15H13BrN4O2. The first kappa shape index (κ1) is 15.8. The van der Waals surface area contributed by atoms with Crippen molar-refractivity contribution in [3.63, 3.8) is 0 Å². The fourth-order valence-corrected chi connectivity index (χ4v) is 2.08. The van der Waals surface area contributed by atoms with Crippen LogP contribution in [0.4, 0.5) is 5.82 Å². The van der Waals surface area contributed by atoms with Gasteiger partial charge in [0.15, 0.2) is 0 Å². The van der Waals surface area contributed by atoms with Crippen LogP contribution in [0.2, 0.25) is 0 Å². The van der Waals surface area contributed by atoms with E-state index < -0.39 is 0 Å². The molecule has 112 valence electrons. The lowest BCUT2D eigenvalue weighted by Crippen LogP contribution is -2.28. The molecule has 0 saturated heterocycles. The molecule has 7 heteroatoms.